The number of aromatic nitrogens is 1. The average molecular weight is 356 g/mol. The van der Waals surface area contributed by atoms with Gasteiger partial charge in [-0.05, 0) is 25.5 Å². The minimum Gasteiger partial charge on any atom is -0.481 e. The van der Waals surface area contributed by atoms with E-state index >= 15 is 0 Å². The zero-order chi connectivity index (χ0) is 17.8. The summed E-state index contributed by atoms with van der Waals surface area (Å²) in [4.78, 5) is 28.4. The maximum Gasteiger partial charge on any atom is 0.317 e. The topological polar surface area (TPSA) is 129 Å². The molecule has 0 bridgehead atoms. The van der Waals surface area contributed by atoms with Crippen molar-refractivity contribution >= 4 is 22.0 Å². The fraction of sp³-hybridized carbons (Fsp3) is 0.500. The van der Waals surface area contributed by atoms with E-state index in [1.807, 2.05) is 0 Å². The van der Waals surface area contributed by atoms with Crippen LogP contribution in [0.4, 0.5) is 4.79 Å². The first-order valence-corrected chi connectivity index (χ1v) is 8.89. The number of carbonyl (C=O) groups is 2. The van der Waals surface area contributed by atoms with Gasteiger partial charge in [0.15, 0.2) is 0 Å². The molecule has 1 aromatic heterocycles. The monoisotopic (exact) mass is 356 g/mol. The highest BCUT2D eigenvalue weighted by Gasteiger charge is 2.42. The van der Waals surface area contributed by atoms with E-state index in [0.29, 0.717) is 13.0 Å². The molecule has 0 saturated carbocycles. The second-order valence-electron chi connectivity index (χ2n) is 5.86. The first-order valence-electron chi connectivity index (χ1n) is 7.40. The van der Waals surface area contributed by atoms with Crippen molar-refractivity contribution in [1.82, 2.24) is 19.9 Å². The Morgan fingerprint density at radius 3 is 2.75 bits per heavy atom. The fourth-order valence-corrected chi connectivity index (χ4v) is 3.36. The molecule has 2 rings (SSSR count). The van der Waals surface area contributed by atoms with Crippen LogP contribution >= 0.6 is 0 Å². The van der Waals surface area contributed by atoms with Crippen molar-refractivity contribution in [2.75, 3.05) is 26.2 Å². The molecule has 2 heterocycles. The fourth-order valence-electron chi connectivity index (χ4n) is 2.37. The van der Waals surface area contributed by atoms with Gasteiger partial charge < -0.3 is 15.3 Å². The molecule has 0 aliphatic carbocycles. The molecule has 1 fully saturated rings. The zero-order valence-corrected chi connectivity index (χ0v) is 14.0. The lowest BCUT2D eigenvalue weighted by atomic mass is 9.90. The minimum atomic E-state index is -3.66. The predicted molar refractivity (Wildman–Crippen MR) is 84.8 cm³/mol. The van der Waals surface area contributed by atoms with Crippen LogP contribution in [0.3, 0.4) is 0 Å². The van der Waals surface area contributed by atoms with Gasteiger partial charge in [0.2, 0.25) is 10.0 Å². The Hall–Kier alpha value is -2.20. The number of carboxylic acids is 1. The molecule has 1 aliphatic rings. The number of hydrogen-bond donors (Lipinski definition) is 3. The number of urea groups is 1. The van der Waals surface area contributed by atoms with Crippen molar-refractivity contribution in [3.8, 4) is 0 Å². The Kier molecular flexibility index (Phi) is 5.40. The number of aliphatic carboxylic acids is 1. The molecule has 0 radical (unpaired) electrons. The summed E-state index contributed by atoms with van der Waals surface area (Å²) >= 11 is 0. The molecule has 0 aromatic carbocycles. The van der Waals surface area contributed by atoms with E-state index in [9.17, 15) is 18.0 Å². The largest absolute Gasteiger partial charge is 0.481 e. The van der Waals surface area contributed by atoms with Crippen LogP contribution in [0.1, 0.15) is 13.3 Å². The Morgan fingerprint density at radius 1 is 1.42 bits per heavy atom. The van der Waals surface area contributed by atoms with E-state index < -0.39 is 27.4 Å². The van der Waals surface area contributed by atoms with Crippen molar-refractivity contribution in [3.63, 3.8) is 0 Å². The summed E-state index contributed by atoms with van der Waals surface area (Å²) < 4.78 is 26.3. The van der Waals surface area contributed by atoms with Crippen LogP contribution in [0, 0.1) is 5.41 Å². The number of carbonyl (C=O) groups excluding carboxylic acids is 1. The second kappa shape index (κ2) is 7.14. The number of nitrogens with one attached hydrogen (secondary N) is 2. The van der Waals surface area contributed by atoms with Crippen LogP contribution < -0.4 is 10.0 Å². The molecule has 2 amide bonds. The van der Waals surface area contributed by atoms with Crippen molar-refractivity contribution < 1.29 is 23.1 Å². The molecular weight excluding hydrogens is 336 g/mol. The Bertz CT molecular complexity index is 709. The highest BCUT2D eigenvalue weighted by Crippen LogP contribution is 2.29. The lowest BCUT2D eigenvalue weighted by Crippen LogP contribution is -2.43. The van der Waals surface area contributed by atoms with Crippen molar-refractivity contribution in [3.05, 3.63) is 24.5 Å². The van der Waals surface area contributed by atoms with Crippen LogP contribution in [-0.2, 0) is 14.8 Å². The number of likely N-dealkylation sites (tertiary alicyclic amines) is 1. The molecule has 132 valence electrons. The van der Waals surface area contributed by atoms with Gasteiger partial charge in [-0.1, -0.05) is 0 Å². The summed E-state index contributed by atoms with van der Waals surface area (Å²) in [6.45, 7) is 2.21. The Labute approximate surface area is 140 Å². The third-order valence-electron chi connectivity index (χ3n) is 3.91. The normalized spacial score (nSPS) is 20.8. The summed E-state index contributed by atoms with van der Waals surface area (Å²) in [7, 11) is -3.66. The highest BCUT2D eigenvalue weighted by molar-refractivity contribution is 7.89. The van der Waals surface area contributed by atoms with Gasteiger partial charge in [-0.3, -0.25) is 9.78 Å². The van der Waals surface area contributed by atoms with Crippen LogP contribution in [0.5, 0.6) is 0 Å². The van der Waals surface area contributed by atoms with Gasteiger partial charge in [0.1, 0.15) is 4.90 Å². The maximum atomic E-state index is 12.0. The summed E-state index contributed by atoms with van der Waals surface area (Å²) in [5, 5.41) is 11.7. The summed E-state index contributed by atoms with van der Waals surface area (Å²) in [6.07, 6.45) is 3.10. The molecular formula is C14H20N4O5S. The van der Waals surface area contributed by atoms with E-state index in [2.05, 4.69) is 15.0 Å². The lowest BCUT2D eigenvalue weighted by Gasteiger charge is -2.20. The first-order chi connectivity index (χ1) is 11.2. The quantitative estimate of drug-likeness (QED) is 0.609. The van der Waals surface area contributed by atoms with Crippen molar-refractivity contribution in [2.24, 2.45) is 5.41 Å². The number of amides is 2. The molecule has 24 heavy (non-hydrogen) atoms. The predicted octanol–water partition coefficient (Wildman–Crippen LogP) is -0.134. The summed E-state index contributed by atoms with van der Waals surface area (Å²) in [5.41, 5.74) is -0.931. The zero-order valence-electron chi connectivity index (χ0n) is 13.2. The molecule has 1 atom stereocenters. The van der Waals surface area contributed by atoms with Crippen LogP contribution in [0.2, 0.25) is 0 Å². The van der Waals surface area contributed by atoms with Crippen LogP contribution in [-0.4, -0.2) is 61.6 Å². The van der Waals surface area contributed by atoms with E-state index in [-0.39, 0.29) is 24.5 Å². The van der Waals surface area contributed by atoms with Gasteiger partial charge in [-0.2, -0.15) is 0 Å². The third kappa shape index (κ3) is 4.20. The number of carboxylic acid groups (broad SMARTS) is 1. The minimum absolute atomic E-state index is 0.0208. The summed E-state index contributed by atoms with van der Waals surface area (Å²) in [6, 6.07) is 2.54. The van der Waals surface area contributed by atoms with Crippen molar-refractivity contribution in [2.45, 2.75) is 18.2 Å². The van der Waals surface area contributed by atoms with E-state index in [4.69, 9.17) is 5.11 Å². The van der Waals surface area contributed by atoms with E-state index in [1.165, 1.54) is 29.4 Å². The Morgan fingerprint density at radius 2 is 2.17 bits per heavy atom. The molecule has 3 N–H and O–H groups in total. The average Bonchev–Trinajstić information content (AvgIpc) is 2.96. The lowest BCUT2D eigenvalue weighted by molar-refractivity contribution is -0.147. The summed E-state index contributed by atoms with van der Waals surface area (Å²) in [5.74, 6) is -0.929. The molecule has 9 nitrogen and oxygen atoms in total. The third-order valence-corrected chi connectivity index (χ3v) is 5.36. The molecule has 1 unspecified atom stereocenters. The second-order valence-corrected chi connectivity index (χ2v) is 7.62. The van der Waals surface area contributed by atoms with Gasteiger partial charge >= 0.3 is 12.0 Å². The van der Waals surface area contributed by atoms with Gasteiger partial charge in [0, 0.05) is 38.6 Å². The van der Waals surface area contributed by atoms with Gasteiger partial charge in [0.25, 0.3) is 0 Å². The van der Waals surface area contributed by atoms with Crippen LogP contribution in [0.15, 0.2) is 29.4 Å². The van der Waals surface area contributed by atoms with E-state index in [0.717, 1.165) is 0 Å². The van der Waals surface area contributed by atoms with Gasteiger partial charge in [-0.15, -0.1) is 0 Å². The molecule has 1 aromatic rings. The number of pyridine rings is 1. The Balaban J connectivity index is 1.77. The standard InChI is InChI=1S/C14H20N4O5S/c1-14(12(19)20)4-8-18(10-14)13(21)16-6-7-17-24(22,23)11-3-2-5-15-9-11/h2-3,5,9,17H,4,6-8,10H2,1H3,(H,16,21)(H,19,20). The smallest absolute Gasteiger partial charge is 0.317 e. The SMILES string of the molecule is CC1(C(=O)O)CCN(C(=O)NCCNS(=O)(=O)c2cccnc2)C1. The highest BCUT2D eigenvalue weighted by atomic mass is 32.2. The molecule has 1 aliphatic heterocycles. The molecule has 1 saturated heterocycles. The number of nitrogens with zero attached hydrogens (tertiary/aromatic N) is 2. The van der Waals surface area contributed by atoms with Gasteiger partial charge in [0.05, 0.1) is 5.41 Å². The number of sulfonamides is 1. The molecule has 10 heteroatoms. The molecule has 0 spiro atoms. The maximum absolute atomic E-state index is 12.0. The van der Waals surface area contributed by atoms with Gasteiger partial charge in [-0.25, -0.2) is 17.9 Å². The first kappa shape index (κ1) is 18.1. The number of rotatable bonds is 6. The van der Waals surface area contributed by atoms with E-state index in [1.54, 1.807) is 6.92 Å². The van der Waals surface area contributed by atoms with Crippen molar-refractivity contribution in [1.29, 1.82) is 0 Å². The number of hydrogen-bond acceptors (Lipinski definition) is 5. The van der Waals surface area contributed by atoms with Crippen LogP contribution in [0.25, 0.3) is 0 Å².